The number of benzene rings is 1. The molecule has 140 valence electrons. The summed E-state index contributed by atoms with van der Waals surface area (Å²) in [4.78, 5) is 13.2. The Kier molecular flexibility index (Phi) is 5.37. The van der Waals surface area contributed by atoms with E-state index in [1.807, 2.05) is 13.8 Å². The van der Waals surface area contributed by atoms with Crippen molar-refractivity contribution < 1.29 is 17.7 Å². The van der Waals surface area contributed by atoms with Crippen molar-refractivity contribution in [2.24, 2.45) is 11.1 Å². The number of sulfonamides is 1. The molecule has 1 aromatic carbocycles. The Morgan fingerprint density at radius 3 is 2.65 bits per heavy atom. The van der Waals surface area contributed by atoms with Gasteiger partial charge in [0.2, 0.25) is 10.0 Å². The van der Waals surface area contributed by atoms with Crippen LogP contribution in [-0.4, -0.2) is 19.4 Å². The van der Waals surface area contributed by atoms with Gasteiger partial charge in [0, 0.05) is 16.0 Å². The molecule has 1 aliphatic carbocycles. The van der Waals surface area contributed by atoms with Crippen molar-refractivity contribution in [2.45, 2.75) is 44.3 Å². The van der Waals surface area contributed by atoms with Gasteiger partial charge in [-0.15, -0.1) is 0 Å². The molecule has 2 N–H and O–H groups in total. The Hall–Kier alpha value is -1.51. The average molecular weight is 441 g/mol. The second-order valence-electron chi connectivity index (χ2n) is 6.83. The van der Waals surface area contributed by atoms with E-state index in [1.165, 1.54) is 6.20 Å². The first-order chi connectivity index (χ1) is 12.2. The van der Waals surface area contributed by atoms with E-state index in [2.05, 4.69) is 21.1 Å². The van der Waals surface area contributed by atoms with Gasteiger partial charge in [-0.2, -0.15) is 0 Å². The summed E-state index contributed by atoms with van der Waals surface area (Å²) >= 11 is 3.37. The number of nitrogens with two attached hydrogens (primary N) is 1. The van der Waals surface area contributed by atoms with Gasteiger partial charge in [0.25, 0.3) is 0 Å². The minimum absolute atomic E-state index is 0.221. The molecule has 2 atom stereocenters. The number of rotatable bonds is 7. The molecule has 1 aromatic heterocycles. The monoisotopic (exact) mass is 440 g/mol. The van der Waals surface area contributed by atoms with E-state index in [4.69, 9.17) is 9.66 Å². The first-order valence-electron chi connectivity index (χ1n) is 8.54. The minimum atomic E-state index is -3.90. The summed E-state index contributed by atoms with van der Waals surface area (Å²) in [7, 11) is -3.90. The van der Waals surface area contributed by atoms with E-state index in [1.54, 1.807) is 18.2 Å². The van der Waals surface area contributed by atoms with Crippen molar-refractivity contribution >= 4 is 31.7 Å². The van der Waals surface area contributed by atoms with Crippen LogP contribution in [0.5, 0.6) is 0 Å². The third kappa shape index (κ3) is 3.77. The number of halogens is 1. The van der Waals surface area contributed by atoms with Crippen LogP contribution in [0.15, 0.2) is 33.4 Å². The third-order valence-electron chi connectivity index (χ3n) is 4.87. The summed E-state index contributed by atoms with van der Waals surface area (Å²) in [5.41, 5.74) is 1.12. The Morgan fingerprint density at radius 1 is 1.38 bits per heavy atom. The van der Waals surface area contributed by atoms with Gasteiger partial charge in [0.05, 0.1) is 11.8 Å². The fourth-order valence-electron chi connectivity index (χ4n) is 3.20. The highest BCUT2D eigenvalue weighted by Crippen LogP contribution is 2.43. The van der Waals surface area contributed by atoms with Crippen LogP contribution in [-0.2, 0) is 10.0 Å². The van der Waals surface area contributed by atoms with E-state index < -0.39 is 15.3 Å². The maximum absolute atomic E-state index is 13.2. The fraction of sp³-hybridized carbons (Fsp3) is 0.444. The van der Waals surface area contributed by atoms with Crippen molar-refractivity contribution in [3.63, 3.8) is 0 Å². The predicted octanol–water partition coefficient (Wildman–Crippen LogP) is 3.92. The van der Waals surface area contributed by atoms with Gasteiger partial charge in [-0.25, -0.2) is 13.6 Å². The maximum Gasteiger partial charge on any atom is 0.216 e. The van der Waals surface area contributed by atoms with Crippen LogP contribution in [0.3, 0.4) is 0 Å². The van der Waals surface area contributed by atoms with Crippen LogP contribution in [0.25, 0.3) is 0 Å². The van der Waals surface area contributed by atoms with E-state index >= 15 is 0 Å². The zero-order valence-electron chi connectivity index (χ0n) is 14.6. The van der Waals surface area contributed by atoms with Gasteiger partial charge in [0.1, 0.15) is 5.25 Å². The second kappa shape index (κ2) is 7.25. The lowest BCUT2D eigenvalue weighted by atomic mass is 9.91. The molecule has 8 heteroatoms. The largest absolute Gasteiger partial charge is 0.360 e. The molecule has 0 spiro atoms. The van der Waals surface area contributed by atoms with E-state index in [0.717, 1.165) is 12.8 Å². The Labute approximate surface area is 161 Å². The van der Waals surface area contributed by atoms with Gasteiger partial charge >= 0.3 is 0 Å². The SMILES string of the molecule is CCC(C)C(c1cc(Br)ccc1C(=O)c1cnoc1C1CC1)S(N)(=O)=O. The summed E-state index contributed by atoms with van der Waals surface area (Å²) < 4.78 is 30.6. The third-order valence-corrected chi connectivity index (χ3v) is 6.79. The number of hydrogen-bond acceptors (Lipinski definition) is 5. The molecule has 1 aliphatic rings. The molecule has 1 saturated carbocycles. The number of aromatic nitrogens is 1. The number of ketones is 1. The standard InChI is InChI=1S/C18H21BrN2O4S/c1-3-10(2)18(26(20,23)24)14-8-12(19)6-7-13(14)16(22)15-9-21-25-17(15)11-4-5-11/h6-11,18H,3-5H2,1-2H3,(H2,20,23,24). The van der Waals surface area contributed by atoms with E-state index in [0.29, 0.717) is 33.3 Å². The second-order valence-corrected chi connectivity index (χ2v) is 9.44. The number of carbonyl (C=O) groups excluding carboxylic acids is 1. The van der Waals surface area contributed by atoms with Crippen molar-refractivity contribution in [3.8, 4) is 0 Å². The van der Waals surface area contributed by atoms with Crippen LogP contribution in [0.2, 0.25) is 0 Å². The number of carbonyl (C=O) groups is 1. The predicted molar refractivity (Wildman–Crippen MR) is 101 cm³/mol. The molecule has 0 aliphatic heterocycles. The smallest absolute Gasteiger partial charge is 0.216 e. The van der Waals surface area contributed by atoms with Gasteiger partial charge in [-0.1, -0.05) is 41.4 Å². The molecule has 0 bridgehead atoms. The lowest BCUT2D eigenvalue weighted by molar-refractivity contribution is 0.103. The van der Waals surface area contributed by atoms with Gasteiger partial charge < -0.3 is 4.52 Å². The lowest BCUT2D eigenvalue weighted by Crippen LogP contribution is -2.28. The van der Waals surface area contributed by atoms with Crippen LogP contribution in [0.4, 0.5) is 0 Å². The van der Waals surface area contributed by atoms with Crippen molar-refractivity contribution in [1.29, 1.82) is 0 Å². The van der Waals surface area contributed by atoms with E-state index in [-0.39, 0.29) is 17.6 Å². The normalized spacial score (nSPS) is 17.1. The average Bonchev–Trinajstić information content (AvgIpc) is 3.30. The highest BCUT2D eigenvalue weighted by molar-refractivity contribution is 9.10. The molecule has 0 radical (unpaired) electrons. The number of hydrogen-bond donors (Lipinski definition) is 1. The van der Waals surface area contributed by atoms with Crippen LogP contribution in [0.1, 0.15) is 71.5 Å². The van der Waals surface area contributed by atoms with Crippen molar-refractivity contribution in [2.75, 3.05) is 0 Å². The molecule has 0 saturated heterocycles. The molecular formula is C18H21BrN2O4S. The fourth-order valence-corrected chi connectivity index (χ4v) is 4.97. The zero-order chi connectivity index (χ0) is 19.1. The van der Waals surface area contributed by atoms with Crippen molar-refractivity contribution in [1.82, 2.24) is 5.16 Å². The van der Waals surface area contributed by atoms with E-state index in [9.17, 15) is 13.2 Å². The van der Waals surface area contributed by atoms with Gasteiger partial charge in [-0.3, -0.25) is 4.79 Å². The zero-order valence-corrected chi connectivity index (χ0v) is 17.0. The molecule has 26 heavy (non-hydrogen) atoms. The highest BCUT2D eigenvalue weighted by Gasteiger charge is 2.36. The maximum atomic E-state index is 13.2. The summed E-state index contributed by atoms with van der Waals surface area (Å²) in [5, 5.41) is 8.34. The summed E-state index contributed by atoms with van der Waals surface area (Å²) in [6, 6.07) is 5.02. The van der Waals surface area contributed by atoms with Crippen LogP contribution >= 0.6 is 15.9 Å². The molecular weight excluding hydrogens is 420 g/mol. The van der Waals surface area contributed by atoms with Crippen molar-refractivity contribution in [3.05, 3.63) is 51.3 Å². The van der Waals surface area contributed by atoms with Crippen LogP contribution < -0.4 is 5.14 Å². The molecule has 2 unspecified atom stereocenters. The van der Waals surface area contributed by atoms with Gasteiger partial charge in [-0.05, 0) is 42.5 Å². The number of primary sulfonamides is 1. The Balaban J connectivity index is 2.13. The Bertz CT molecular complexity index is 934. The Morgan fingerprint density at radius 2 is 2.08 bits per heavy atom. The minimum Gasteiger partial charge on any atom is -0.360 e. The summed E-state index contributed by atoms with van der Waals surface area (Å²) in [6.07, 6.45) is 3.96. The van der Waals surface area contributed by atoms with Crippen LogP contribution in [0, 0.1) is 5.92 Å². The summed E-state index contributed by atoms with van der Waals surface area (Å²) in [6.45, 7) is 3.72. The lowest BCUT2D eigenvalue weighted by Gasteiger charge is -2.23. The molecule has 1 fully saturated rings. The molecule has 2 aromatic rings. The topological polar surface area (TPSA) is 103 Å². The first kappa shape index (κ1) is 19.3. The molecule has 3 rings (SSSR count). The number of nitrogens with zero attached hydrogens (tertiary/aromatic N) is 1. The summed E-state index contributed by atoms with van der Waals surface area (Å²) in [5.74, 6) is 0.280. The van der Waals surface area contributed by atoms with Gasteiger partial charge in [0.15, 0.2) is 11.5 Å². The molecule has 0 amide bonds. The highest BCUT2D eigenvalue weighted by atomic mass is 79.9. The molecule has 6 nitrogen and oxygen atoms in total. The first-order valence-corrected chi connectivity index (χ1v) is 10.9. The quantitative estimate of drug-likeness (QED) is 0.656. The molecule has 1 heterocycles.